The molecule has 0 radical (unpaired) electrons. The van der Waals surface area contributed by atoms with Crippen molar-refractivity contribution >= 4 is 54.6 Å². The first kappa shape index (κ1) is 22.1. The second-order valence-corrected chi connectivity index (χ2v) is 11.5. The molecule has 0 fully saturated rings. The van der Waals surface area contributed by atoms with Gasteiger partial charge in [0.2, 0.25) is 0 Å². The molecule has 2 aliphatic heterocycles. The van der Waals surface area contributed by atoms with Crippen LogP contribution in [-0.4, -0.2) is 6.71 Å². The van der Waals surface area contributed by atoms with E-state index in [4.69, 9.17) is 9.47 Å². The van der Waals surface area contributed by atoms with Crippen LogP contribution in [0.1, 0.15) is 0 Å². The molecule has 0 aliphatic carbocycles. The monoisotopic (exact) mass is 528 g/mol. The average molecular weight is 528 g/mol. The van der Waals surface area contributed by atoms with Gasteiger partial charge < -0.3 is 9.47 Å². The summed E-state index contributed by atoms with van der Waals surface area (Å²) >= 11 is 1.87. The Hall–Kier alpha value is -4.80. The van der Waals surface area contributed by atoms with Crippen LogP contribution in [0, 0.1) is 0 Å². The van der Waals surface area contributed by atoms with Crippen molar-refractivity contribution in [2.45, 2.75) is 0 Å². The summed E-state index contributed by atoms with van der Waals surface area (Å²) in [7, 11) is 0. The lowest BCUT2D eigenvalue weighted by molar-refractivity contribution is 0.464. The predicted molar refractivity (Wildman–Crippen MR) is 168 cm³/mol. The molecule has 0 saturated carbocycles. The molecule has 40 heavy (non-hydrogen) atoms. The maximum Gasteiger partial charge on any atom is 0.260 e. The van der Waals surface area contributed by atoms with Crippen molar-refractivity contribution in [3.8, 4) is 45.3 Å². The van der Waals surface area contributed by atoms with Crippen LogP contribution >= 0.6 is 11.3 Å². The maximum absolute atomic E-state index is 6.39. The van der Waals surface area contributed by atoms with E-state index < -0.39 is 0 Å². The minimum Gasteiger partial charge on any atom is -0.458 e. The van der Waals surface area contributed by atoms with Gasteiger partial charge in [-0.15, -0.1) is 11.3 Å². The first-order valence-electron chi connectivity index (χ1n) is 13.5. The normalized spacial score (nSPS) is 12.8. The van der Waals surface area contributed by atoms with E-state index in [1.54, 1.807) is 0 Å². The van der Waals surface area contributed by atoms with Crippen molar-refractivity contribution in [1.29, 1.82) is 0 Å². The number of ether oxygens (including phenoxy) is 2. The molecule has 2 aliphatic rings. The third kappa shape index (κ3) is 3.17. The van der Waals surface area contributed by atoms with Crippen molar-refractivity contribution in [1.82, 2.24) is 0 Å². The molecular formula is C36H21BO2S. The van der Waals surface area contributed by atoms with E-state index in [2.05, 4.69) is 103 Å². The van der Waals surface area contributed by atoms with Crippen LogP contribution in [0.4, 0.5) is 0 Å². The average Bonchev–Trinajstić information content (AvgIpc) is 3.40. The third-order valence-corrected chi connectivity index (χ3v) is 9.46. The van der Waals surface area contributed by atoms with Gasteiger partial charge in [-0.25, -0.2) is 0 Å². The second kappa shape index (κ2) is 8.35. The topological polar surface area (TPSA) is 18.5 Å². The summed E-state index contributed by atoms with van der Waals surface area (Å²) in [4.78, 5) is 0. The standard InChI is InChI=1S/C36H21BO2S/c1-4-14-34-26(7-1)27-9-5-8-25(36(27)40-34)23-17-15-22(16-18-23)24-19-20-31-29(21-24)37-28-10-2-3-11-30(28)38-32-12-6-13-33(39-31)35(32)37/h1-21H. The predicted octanol–water partition coefficient (Wildman–Crippen LogP) is 8.12. The van der Waals surface area contributed by atoms with Gasteiger partial charge in [0.1, 0.15) is 23.0 Å². The number of para-hydroxylation sites is 1. The van der Waals surface area contributed by atoms with Gasteiger partial charge in [-0.2, -0.15) is 0 Å². The van der Waals surface area contributed by atoms with Crippen LogP contribution in [0.5, 0.6) is 23.0 Å². The Morgan fingerprint density at radius 1 is 0.475 bits per heavy atom. The number of rotatable bonds is 2. The van der Waals surface area contributed by atoms with E-state index in [9.17, 15) is 0 Å². The molecule has 4 heteroatoms. The summed E-state index contributed by atoms with van der Waals surface area (Å²) in [5, 5.41) is 2.66. The van der Waals surface area contributed by atoms with Gasteiger partial charge in [0.05, 0.1) is 0 Å². The fraction of sp³-hybridized carbons (Fsp3) is 0. The number of benzene rings is 6. The van der Waals surface area contributed by atoms with Crippen molar-refractivity contribution in [3.05, 3.63) is 127 Å². The molecule has 9 rings (SSSR count). The molecule has 0 amide bonds. The number of hydrogen-bond donors (Lipinski definition) is 0. The molecule has 0 N–H and O–H groups in total. The molecule has 0 unspecified atom stereocenters. The zero-order chi connectivity index (χ0) is 26.2. The molecular weight excluding hydrogens is 507 g/mol. The van der Waals surface area contributed by atoms with Gasteiger partial charge in [0.15, 0.2) is 0 Å². The maximum atomic E-state index is 6.39. The van der Waals surface area contributed by atoms with E-state index in [1.165, 1.54) is 53.4 Å². The summed E-state index contributed by atoms with van der Waals surface area (Å²) in [6, 6.07) is 45.3. The summed E-state index contributed by atoms with van der Waals surface area (Å²) < 4.78 is 15.3. The smallest absolute Gasteiger partial charge is 0.260 e. The number of thiophene rings is 1. The highest BCUT2D eigenvalue weighted by molar-refractivity contribution is 7.26. The first-order chi connectivity index (χ1) is 19.8. The van der Waals surface area contributed by atoms with Gasteiger partial charge in [-0.1, -0.05) is 97.1 Å². The Morgan fingerprint density at radius 3 is 2.00 bits per heavy atom. The van der Waals surface area contributed by atoms with Crippen LogP contribution < -0.4 is 25.9 Å². The molecule has 6 aromatic carbocycles. The minimum absolute atomic E-state index is 0.0738. The van der Waals surface area contributed by atoms with E-state index in [0.29, 0.717) is 0 Å². The fourth-order valence-corrected chi connectivity index (χ4v) is 7.62. The van der Waals surface area contributed by atoms with Gasteiger partial charge in [-0.05, 0) is 63.5 Å². The molecule has 7 aromatic rings. The molecule has 2 nitrogen and oxygen atoms in total. The van der Waals surface area contributed by atoms with Crippen LogP contribution in [0.25, 0.3) is 42.4 Å². The highest BCUT2D eigenvalue weighted by atomic mass is 32.1. The molecule has 3 heterocycles. The van der Waals surface area contributed by atoms with Gasteiger partial charge in [0, 0.05) is 25.6 Å². The SMILES string of the molecule is c1ccc2c(c1)Oc1cccc3c1B2c1cc(-c2ccc(-c4cccc5c4sc4ccccc45)cc2)ccc1O3. The number of fused-ring (bicyclic) bond motifs is 7. The van der Waals surface area contributed by atoms with E-state index >= 15 is 0 Å². The van der Waals surface area contributed by atoms with Crippen LogP contribution in [0.15, 0.2) is 127 Å². The Balaban J connectivity index is 1.14. The molecule has 0 saturated heterocycles. The molecule has 0 spiro atoms. The molecule has 186 valence electrons. The zero-order valence-corrected chi connectivity index (χ0v) is 22.2. The number of hydrogen-bond acceptors (Lipinski definition) is 3. The highest BCUT2D eigenvalue weighted by Crippen LogP contribution is 2.40. The minimum atomic E-state index is 0.0738. The largest absolute Gasteiger partial charge is 0.458 e. The zero-order valence-electron chi connectivity index (χ0n) is 21.4. The van der Waals surface area contributed by atoms with Crippen molar-refractivity contribution in [2.75, 3.05) is 0 Å². The summed E-state index contributed by atoms with van der Waals surface area (Å²) in [6.45, 7) is 0.0738. The quantitative estimate of drug-likeness (QED) is 0.211. The summed E-state index contributed by atoms with van der Waals surface area (Å²) in [5.74, 6) is 3.56. The lowest BCUT2D eigenvalue weighted by Gasteiger charge is -2.33. The lowest BCUT2D eigenvalue weighted by Crippen LogP contribution is -2.57. The van der Waals surface area contributed by atoms with Crippen LogP contribution in [-0.2, 0) is 0 Å². The van der Waals surface area contributed by atoms with Crippen molar-refractivity contribution in [3.63, 3.8) is 0 Å². The van der Waals surface area contributed by atoms with Gasteiger partial charge >= 0.3 is 0 Å². The van der Waals surface area contributed by atoms with Crippen molar-refractivity contribution < 1.29 is 9.47 Å². The van der Waals surface area contributed by atoms with Gasteiger partial charge in [0.25, 0.3) is 6.71 Å². The molecule has 1 aromatic heterocycles. The highest BCUT2D eigenvalue weighted by Gasteiger charge is 2.39. The lowest BCUT2D eigenvalue weighted by atomic mass is 9.35. The van der Waals surface area contributed by atoms with E-state index in [1.807, 2.05) is 35.6 Å². The van der Waals surface area contributed by atoms with Crippen LogP contribution in [0.3, 0.4) is 0 Å². The Labute approximate surface area is 236 Å². The summed E-state index contributed by atoms with van der Waals surface area (Å²) in [6.07, 6.45) is 0. The molecule has 0 bridgehead atoms. The van der Waals surface area contributed by atoms with Crippen molar-refractivity contribution in [2.24, 2.45) is 0 Å². The van der Waals surface area contributed by atoms with E-state index in [0.717, 1.165) is 28.5 Å². The van der Waals surface area contributed by atoms with Gasteiger partial charge in [-0.3, -0.25) is 0 Å². The van der Waals surface area contributed by atoms with Crippen LogP contribution in [0.2, 0.25) is 0 Å². The van der Waals surface area contributed by atoms with E-state index in [-0.39, 0.29) is 6.71 Å². The fourth-order valence-electron chi connectivity index (χ4n) is 6.38. The molecule has 0 atom stereocenters. The second-order valence-electron chi connectivity index (χ2n) is 10.5. The Kier molecular flexibility index (Phi) is 4.61. The first-order valence-corrected chi connectivity index (χ1v) is 14.4. The Bertz CT molecular complexity index is 2110. The Morgan fingerprint density at radius 2 is 1.12 bits per heavy atom. The third-order valence-electron chi connectivity index (χ3n) is 8.24. The summed E-state index contributed by atoms with van der Waals surface area (Å²) in [5.41, 5.74) is 8.35.